The molecule has 23 heavy (non-hydrogen) atoms. The van der Waals surface area contributed by atoms with E-state index in [4.69, 9.17) is 4.74 Å². The van der Waals surface area contributed by atoms with Crippen LogP contribution >= 0.6 is 0 Å². The Morgan fingerprint density at radius 2 is 1.91 bits per heavy atom. The number of unbranched alkanes of at least 4 members (excludes halogenated alkanes) is 2. The van der Waals surface area contributed by atoms with E-state index >= 15 is 0 Å². The van der Waals surface area contributed by atoms with Crippen LogP contribution < -0.4 is 0 Å². The van der Waals surface area contributed by atoms with E-state index in [1.165, 1.54) is 0 Å². The summed E-state index contributed by atoms with van der Waals surface area (Å²) < 4.78 is 4.95. The van der Waals surface area contributed by atoms with Crippen LogP contribution in [0.2, 0.25) is 0 Å². The third-order valence-corrected chi connectivity index (χ3v) is 3.55. The number of ether oxygens (including phenoxy) is 1. The van der Waals surface area contributed by atoms with E-state index in [0.717, 1.165) is 9.80 Å². The van der Waals surface area contributed by atoms with Crippen LogP contribution in [0.25, 0.3) is 0 Å². The summed E-state index contributed by atoms with van der Waals surface area (Å²) in [5.74, 6) is -0.912. The van der Waals surface area contributed by atoms with Crippen LogP contribution in [0.1, 0.15) is 46.0 Å². The SMILES string of the molecule is C=C(C)C(=O)OCCCCCC(=O)N1CCC(=O)N(CC)C1=O. The second-order valence-corrected chi connectivity index (χ2v) is 5.44. The number of amides is 4. The molecule has 0 bridgehead atoms. The molecule has 0 N–H and O–H groups in total. The average Bonchev–Trinajstić information content (AvgIpc) is 2.50. The van der Waals surface area contributed by atoms with Gasteiger partial charge in [-0.3, -0.25) is 19.4 Å². The molecule has 0 atom stereocenters. The van der Waals surface area contributed by atoms with Crippen molar-refractivity contribution >= 4 is 23.8 Å². The van der Waals surface area contributed by atoms with Crippen LogP contribution in [0.3, 0.4) is 0 Å². The van der Waals surface area contributed by atoms with Crippen LogP contribution in [-0.2, 0) is 19.1 Å². The minimum absolute atomic E-state index is 0.156. The van der Waals surface area contributed by atoms with Crippen molar-refractivity contribution in [1.29, 1.82) is 0 Å². The van der Waals surface area contributed by atoms with Crippen molar-refractivity contribution in [3.05, 3.63) is 12.2 Å². The molecule has 0 saturated carbocycles. The molecule has 0 radical (unpaired) electrons. The number of carbonyl (C=O) groups is 4. The highest BCUT2D eigenvalue weighted by Crippen LogP contribution is 2.13. The summed E-state index contributed by atoms with van der Waals surface area (Å²) in [4.78, 5) is 49.1. The maximum atomic E-state index is 12.1. The quantitative estimate of drug-likeness (QED) is 0.386. The van der Waals surface area contributed by atoms with Gasteiger partial charge >= 0.3 is 12.0 Å². The molecular weight excluding hydrogens is 300 g/mol. The van der Waals surface area contributed by atoms with Crippen molar-refractivity contribution < 1.29 is 23.9 Å². The number of hydrogen-bond acceptors (Lipinski definition) is 5. The first-order valence-electron chi connectivity index (χ1n) is 7.85. The Morgan fingerprint density at radius 1 is 1.22 bits per heavy atom. The Hall–Kier alpha value is -2.18. The zero-order chi connectivity index (χ0) is 17.4. The Balaban J connectivity index is 2.26. The fraction of sp³-hybridized carbons (Fsp3) is 0.625. The van der Waals surface area contributed by atoms with Crippen molar-refractivity contribution in [2.24, 2.45) is 0 Å². The van der Waals surface area contributed by atoms with Crippen LogP contribution in [0, 0.1) is 0 Å². The maximum absolute atomic E-state index is 12.1. The molecule has 7 nitrogen and oxygen atoms in total. The van der Waals surface area contributed by atoms with Crippen LogP contribution in [0.15, 0.2) is 12.2 Å². The lowest BCUT2D eigenvalue weighted by molar-refractivity contribution is -0.139. The average molecular weight is 324 g/mol. The number of carbonyl (C=O) groups excluding carboxylic acids is 4. The molecule has 1 rings (SSSR count). The molecule has 0 aromatic rings. The van der Waals surface area contributed by atoms with Gasteiger partial charge in [0.1, 0.15) is 0 Å². The van der Waals surface area contributed by atoms with E-state index in [-0.39, 0.29) is 37.7 Å². The van der Waals surface area contributed by atoms with Crippen molar-refractivity contribution in [2.75, 3.05) is 19.7 Å². The summed E-state index contributed by atoms with van der Waals surface area (Å²) in [6.45, 7) is 7.50. The summed E-state index contributed by atoms with van der Waals surface area (Å²) in [5.41, 5.74) is 0.360. The largest absolute Gasteiger partial charge is 0.462 e. The van der Waals surface area contributed by atoms with E-state index in [1.54, 1.807) is 13.8 Å². The molecule has 1 heterocycles. The van der Waals surface area contributed by atoms with E-state index in [0.29, 0.717) is 31.4 Å². The number of nitrogens with zero attached hydrogens (tertiary/aromatic N) is 2. The first-order valence-corrected chi connectivity index (χ1v) is 7.85. The minimum Gasteiger partial charge on any atom is -0.462 e. The topological polar surface area (TPSA) is 84.0 Å². The van der Waals surface area contributed by atoms with Gasteiger partial charge in [0.2, 0.25) is 11.8 Å². The number of hydrogen-bond donors (Lipinski definition) is 0. The van der Waals surface area contributed by atoms with Crippen molar-refractivity contribution in [1.82, 2.24) is 9.80 Å². The smallest absolute Gasteiger partial charge is 0.333 e. The number of urea groups is 1. The lowest BCUT2D eigenvalue weighted by atomic mass is 10.1. The molecule has 1 saturated heterocycles. The Kier molecular flexibility index (Phi) is 7.44. The van der Waals surface area contributed by atoms with Crippen LogP contribution in [0.4, 0.5) is 4.79 Å². The number of imide groups is 2. The van der Waals surface area contributed by atoms with Gasteiger partial charge in [-0.05, 0) is 33.1 Å². The molecule has 0 aromatic heterocycles. The second-order valence-electron chi connectivity index (χ2n) is 5.44. The first kappa shape index (κ1) is 18.9. The molecule has 4 amide bonds. The molecular formula is C16H24N2O5. The summed E-state index contributed by atoms with van der Waals surface area (Å²) in [7, 11) is 0. The zero-order valence-corrected chi connectivity index (χ0v) is 13.8. The third kappa shape index (κ3) is 5.50. The minimum atomic E-state index is -0.524. The standard InChI is InChI=1S/C16H24N2O5/c1-4-17-14(20)9-10-18(16(17)22)13(19)8-6-5-7-11-23-15(21)12(2)3/h2,4-11H2,1,3H3. The van der Waals surface area contributed by atoms with Gasteiger partial charge in [-0.2, -0.15) is 0 Å². The predicted molar refractivity (Wildman–Crippen MR) is 83.4 cm³/mol. The molecule has 0 unspecified atom stereocenters. The highest BCUT2D eigenvalue weighted by Gasteiger charge is 2.33. The lowest BCUT2D eigenvalue weighted by Gasteiger charge is -2.32. The highest BCUT2D eigenvalue weighted by molar-refractivity contribution is 6.04. The zero-order valence-electron chi connectivity index (χ0n) is 13.8. The predicted octanol–water partition coefficient (Wildman–Crippen LogP) is 1.87. The lowest BCUT2D eigenvalue weighted by Crippen LogP contribution is -2.54. The molecule has 1 aliphatic heterocycles. The number of esters is 1. The second kappa shape index (κ2) is 9.07. The van der Waals surface area contributed by atoms with Gasteiger partial charge in [-0.25, -0.2) is 9.59 Å². The van der Waals surface area contributed by atoms with Gasteiger partial charge in [0.15, 0.2) is 0 Å². The van der Waals surface area contributed by atoms with Crippen molar-refractivity contribution in [3.63, 3.8) is 0 Å². The highest BCUT2D eigenvalue weighted by atomic mass is 16.5. The van der Waals surface area contributed by atoms with Gasteiger partial charge < -0.3 is 4.74 Å². The van der Waals surface area contributed by atoms with Crippen LogP contribution in [-0.4, -0.2) is 53.3 Å². The Morgan fingerprint density at radius 3 is 2.52 bits per heavy atom. The fourth-order valence-corrected chi connectivity index (χ4v) is 2.21. The molecule has 7 heteroatoms. The van der Waals surface area contributed by atoms with Crippen molar-refractivity contribution in [3.8, 4) is 0 Å². The Bertz CT molecular complexity index is 501. The van der Waals surface area contributed by atoms with E-state index in [2.05, 4.69) is 6.58 Å². The van der Waals surface area contributed by atoms with Crippen molar-refractivity contribution in [2.45, 2.75) is 46.0 Å². The molecule has 1 fully saturated rings. The van der Waals surface area contributed by atoms with Gasteiger partial charge in [0.25, 0.3) is 0 Å². The van der Waals surface area contributed by atoms with E-state index < -0.39 is 12.0 Å². The summed E-state index contributed by atoms with van der Waals surface area (Å²) in [5, 5.41) is 0. The summed E-state index contributed by atoms with van der Waals surface area (Å²) in [6, 6.07) is -0.524. The normalized spacial score (nSPS) is 14.9. The van der Waals surface area contributed by atoms with E-state index in [1.807, 2.05) is 0 Å². The maximum Gasteiger partial charge on any atom is 0.333 e. The third-order valence-electron chi connectivity index (χ3n) is 3.55. The monoisotopic (exact) mass is 324 g/mol. The van der Waals surface area contributed by atoms with Gasteiger partial charge in [0, 0.05) is 31.5 Å². The van der Waals surface area contributed by atoms with Crippen LogP contribution in [0.5, 0.6) is 0 Å². The fourth-order valence-electron chi connectivity index (χ4n) is 2.21. The molecule has 0 aliphatic carbocycles. The van der Waals surface area contributed by atoms with E-state index in [9.17, 15) is 19.2 Å². The van der Waals surface area contributed by atoms with Gasteiger partial charge in [-0.15, -0.1) is 0 Å². The van der Waals surface area contributed by atoms with Gasteiger partial charge in [0.05, 0.1) is 6.61 Å². The molecule has 0 spiro atoms. The summed E-state index contributed by atoms with van der Waals surface area (Å²) >= 11 is 0. The molecule has 128 valence electrons. The number of rotatable bonds is 8. The Labute approximate surface area is 136 Å². The van der Waals surface area contributed by atoms with Gasteiger partial charge in [-0.1, -0.05) is 6.58 Å². The summed E-state index contributed by atoms with van der Waals surface area (Å²) in [6.07, 6.45) is 2.40. The molecule has 1 aliphatic rings. The first-order chi connectivity index (χ1) is 10.9. The molecule has 0 aromatic carbocycles.